The van der Waals surface area contributed by atoms with Crippen LogP contribution in [-0.4, -0.2) is 56.3 Å². The molecule has 0 atom stereocenters. The molecule has 7 nitrogen and oxygen atoms in total. The number of amides is 1. The van der Waals surface area contributed by atoms with Crippen molar-refractivity contribution in [3.63, 3.8) is 0 Å². The zero-order chi connectivity index (χ0) is 16.3. The molecule has 1 aromatic heterocycles. The molecule has 0 aromatic carbocycles. The Morgan fingerprint density at radius 3 is 2.50 bits per heavy atom. The third-order valence-corrected chi connectivity index (χ3v) is 3.40. The third-order valence-electron chi connectivity index (χ3n) is 3.40. The van der Waals surface area contributed by atoms with E-state index in [4.69, 9.17) is 4.74 Å². The van der Waals surface area contributed by atoms with Crippen molar-refractivity contribution in [1.29, 1.82) is 0 Å². The van der Waals surface area contributed by atoms with Crippen LogP contribution in [0, 0.1) is 5.41 Å². The quantitative estimate of drug-likeness (QED) is 0.909. The highest BCUT2D eigenvalue weighted by molar-refractivity contribution is 5.96. The lowest BCUT2D eigenvalue weighted by molar-refractivity contribution is -0.123. The van der Waals surface area contributed by atoms with Crippen molar-refractivity contribution in [2.24, 2.45) is 5.41 Å². The van der Waals surface area contributed by atoms with Gasteiger partial charge >= 0.3 is 0 Å². The molecule has 0 bridgehead atoms. The lowest BCUT2D eigenvalue weighted by Crippen LogP contribution is -2.37. The Morgan fingerprint density at radius 2 is 1.95 bits per heavy atom. The SMILES string of the molecule is CN(C)c1nc(N2CCOCC2)ncc1NC(=O)C(C)(C)C. The van der Waals surface area contributed by atoms with E-state index in [1.54, 1.807) is 6.20 Å². The van der Waals surface area contributed by atoms with Crippen molar-refractivity contribution < 1.29 is 9.53 Å². The van der Waals surface area contributed by atoms with Crippen molar-refractivity contribution >= 4 is 23.4 Å². The van der Waals surface area contributed by atoms with Crippen LogP contribution in [0.1, 0.15) is 20.8 Å². The van der Waals surface area contributed by atoms with Gasteiger partial charge in [0.1, 0.15) is 5.69 Å². The molecule has 1 fully saturated rings. The molecule has 0 radical (unpaired) electrons. The first kappa shape index (κ1) is 16.5. The van der Waals surface area contributed by atoms with Gasteiger partial charge in [-0.25, -0.2) is 4.98 Å². The van der Waals surface area contributed by atoms with E-state index in [1.165, 1.54) is 0 Å². The molecule has 0 aliphatic carbocycles. The van der Waals surface area contributed by atoms with Crippen LogP contribution in [0.3, 0.4) is 0 Å². The molecular weight excluding hydrogens is 282 g/mol. The van der Waals surface area contributed by atoms with Gasteiger partial charge in [-0.15, -0.1) is 0 Å². The van der Waals surface area contributed by atoms with Gasteiger partial charge in [-0.2, -0.15) is 4.98 Å². The van der Waals surface area contributed by atoms with Crippen molar-refractivity contribution in [1.82, 2.24) is 9.97 Å². The van der Waals surface area contributed by atoms with Gasteiger partial charge in [0.15, 0.2) is 5.82 Å². The first-order valence-corrected chi connectivity index (χ1v) is 7.47. The Morgan fingerprint density at radius 1 is 1.32 bits per heavy atom. The molecule has 22 heavy (non-hydrogen) atoms. The van der Waals surface area contributed by atoms with E-state index in [-0.39, 0.29) is 5.91 Å². The number of nitrogens with zero attached hydrogens (tertiary/aromatic N) is 4. The number of hydrogen-bond acceptors (Lipinski definition) is 6. The van der Waals surface area contributed by atoms with Gasteiger partial charge in [0.2, 0.25) is 11.9 Å². The number of morpholine rings is 1. The summed E-state index contributed by atoms with van der Waals surface area (Å²) < 4.78 is 5.35. The molecule has 1 aliphatic rings. The summed E-state index contributed by atoms with van der Waals surface area (Å²) in [7, 11) is 3.80. The van der Waals surface area contributed by atoms with Crippen LogP contribution in [0.5, 0.6) is 0 Å². The number of carbonyl (C=O) groups excluding carboxylic acids is 1. The van der Waals surface area contributed by atoms with E-state index in [1.807, 2.05) is 39.8 Å². The van der Waals surface area contributed by atoms with Crippen LogP contribution in [0.2, 0.25) is 0 Å². The maximum absolute atomic E-state index is 12.2. The molecule has 2 heterocycles. The molecule has 0 saturated carbocycles. The van der Waals surface area contributed by atoms with Gasteiger partial charge in [0.05, 0.1) is 19.4 Å². The summed E-state index contributed by atoms with van der Waals surface area (Å²) >= 11 is 0. The van der Waals surface area contributed by atoms with Crippen molar-refractivity contribution in [2.75, 3.05) is 55.5 Å². The van der Waals surface area contributed by atoms with Gasteiger partial charge < -0.3 is 19.9 Å². The van der Waals surface area contributed by atoms with Gasteiger partial charge in [-0.05, 0) is 0 Å². The van der Waals surface area contributed by atoms with E-state index < -0.39 is 5.41 Å². The van der Waals surface area contributed by atoms with Crippen molar-refractivity contribution in [3.05, 3.63) is 6.20 Å². The molecule has 1 aliphatic heterocycles. The Labute approximate surface area is 131 Å². The molecule has 1 saturated heterocycles. The molecule has 1 amide bonds. The molecule has 7 heteroatoms. The fourth-order valence-electron chi connectivity index (χ4n) is 2.02. The normalized spacial score (nSPS) is 15.6. The summed E-state index contributed by atoms with van der Waals surface area (Å²) in [6.45, 7) is 8.55. The number of carbonyl (C=O) groups is 1. The molecule has 122 valence electrons. The van der Waals surface area contributed by atoms with Crippen molar-refractivity contribution in [3.8, 4) is 0 Å². The highest BCUT2D eigenvalue weighted by Gasteiger charge is 2.24. The second kappa shape index (κ2) is 6.48. The summed E-state index contributed by atoms with van der Waals surface area (Å²) in [5.74, 6) is 1.31. The Bertz CT molecular complexity index is 533. The van der Waals surface area contributed by atoms with Crippen LogP contribution in [0.4, 0.5) is 17.5 Å². The fraction of sp³-hybridized carbons (Fsp3) is 0.667. The highest BCUT2D eigenvalue weighted by Crippen LogP contribution is 2.26. The van der Waals surface area contributed by atoms with Crippen LogP contribution in [-0.2, 0) is 9.53 Å². The lowest BCUT2D eigenvalue weighted by atomic mass is 9.95. The first-order chi connectivity index (χ1) is 10.3. The zero-order valence-corrected chi connectivity index (χ0v) is 14.0. The second-order valence-electron chi connectivity index (χ2n) is 6.61. The minimum absolute atomic E-state index is 0.0571. The van der Waals surface area contributed by atoms with Crippen molar-refractivity contribution in [2.45, 2.75) is 20.8 Å². The Balaban J connectivity index is 2.25. The fourth-order valence-corrected chi connectivity index (χ4v) is 2.02. The monoisotopic (exact) mass is 307 g/mol. The lowest BCUT2D eigenvalue weighted by Gasteiger charge is -2.28. The summed E-state index contributed by atoms with van der Waals surface area (Å²) in [6, 6.07) is 0. The van der Waals surface area contributed by atoms with Crippen LogP contribution in [0.15, 0.2) is 6.20 Å². The number of ether oxygens (including phenoxy) is 1. The topological polar surface area (TPSA) is 70.6 Å². The number of anilines is 3. The smallest absolute Gasteiger partial charge is 0.229 e. The molecule has 0 spiro atoms. The van der Waals surface area contributed by atoms with E-state index in [0.717, 1.165) is 13.1 Å². The standard InChI is InChI=1S/C15H25N5O2/c1-15(2,3)13(21)17-11-10-16-14(18-12(11)19(4)5)20-6-8-22-9-7-20/h10H,6-9H2,1-5H3,(H,17,21). The van der Waals surface area contributed by atoms with Crippen LogP contribution >= 0.6 is 0 Å². The predicted octanol–water partition coefficient (Wildman–Crippen LogP) is 1.36. The minimum Gasteiger partial charge on any atom is -0.378 e. The van der Waals surface area contributed by atoms with E-state index >= 15 is 0 Å². The maximum Gasteiger partial charge on any atom is 0.229 e. The van der Waals surface area contributed by atoms with Gasteiger partial charge in [-0.3, -0.25) is 4.79 Å². The van der Waals surface area contributed by atoms with E-state index in [2.05, 4.69) is 20.2 Å². The number of aromatic nitrogens is 2. The van der Waals surface area contributed by atoms with E-state index in [9.17, 15) is 4.79 Å². The summed E-state index contributed by atoms with van der Waals surface area (Å²) in [4.78, 5) is 25.2. The number of hydrogen-bond donors (Lipinski definition) is 1. The third kappa shape index (κ3) is 3.85. The largest absolute Gasteiger partial charge is 0.378 e. The average Bonchev–Trinajstić information content (AvgIpc) is 2.47. The highest BCUT2D eigenvalue weighted by atomic mass is 16.5. The maximum atomic E-state index is 12.2. The molecule has 0 unspecified atom stereocenters. The zero-order valence-electron chi connectivity index (χ0n) is 14.0. The van der Waals surface area contributed by atoms with Gasteiger partial charge in [0, 0.05) is 32.6 Å². The first-order valence-electron chi connectivity index (χ1n) is 7.47. The molecule has 1 aromatic rings. The van der Waals surface area contributed by atoms with Gasteiger partial charge in [0.25, 0.3) is 0 Å². The molecular formula is C15H25N5O2. The Hall–Kier alpha value is -1.89. The second-order valence-corrected chi connectivity index (χ2v) is 6.61. The molecule has 2 rings (SSSR count). The summed E-state index contributed by atoms with van der Waals surface area (Å²) in [5, 5.41) is 2.91. The Kier molecular flexibility index (Phi) is 4.85. The number of nitrogens with one attached hydrogen (secondary N) is 1. The van der Waals surface area contributed by atoms with Gasteiger partial charge in [-0.1, -0.05) is 20.8 Å². The molecule has 1 N–H and O–H groups in total. The predicted molar refractivity (Wildman–Crippen MR) is 87.5 cm³/mol. The summed E-state index contributed by atoms with van der Waals surface area (Å²) in [6.07, 6.45) is 1.68. The average molecular weight is 307 g/mol. The minimum atomic E-state index is -0.466. The van der Waals surface area contributed by atoms with E-state index in [0.29, 0.717) is 30.7 Å². The number of rotatable bonds is 3. The summed E-state index contributed by atoms with van der Waals surface area (Å²) in [5.41, 5.74) is 0.161. The van der Waals surface area contributed by atoms with Crippen LogP contribution in [0.25, 0.3) is 0 Å². The van der Waals surface area contributed by atoms with Crippen LogP contribution < -0.4 is 15.1 Å².